The van der Waals surface area contributed by atoms with E-state index in [0.717, 1.165) is 18.9 Å². The fourth-order valence-electron chi connectivity index (χ4n) is 3.38. The van der Waals surface area contributed by atoms with Gasteiger partial charge in [-0.25, -0.2) is 4.39 Å². The fourth-order valence-corrected chi connectivity index (χ4v) is 3.60. The number of nitrogens with zero attached hydrogens (tertiary/aromatic N) is 4. The van der Waals surface area contributed by atoms with E-state index in [9.17, 15) is 22.4 Å². The van der Waals surface area contributed by atoms with Crippen LogP contribution in [0, 0.1) is 11.7 Å². The molecule has 1 fully saturated rings. The molecule has 6 nitrogen and oxygen atoms in total. The summed E-state index contributed by atoms with van der Waals surface area (Å²) in [6.07, 6.45) is -1.34. The highest BCUT2D eigenvalue weighted by Gasteiger charge is 2.38. The van der Waals surface area contributed by atoms with Crippen LogP contribution in [-0.2, 0) is 24.1 Å². The molecule has 1 atom stereocenters. The summed E-state index contributed by atoms with van der Waals surface area (Å²) < 4.78 is 55.9. The van der Waals surface area contributed by atoms with Gasteiger partial charge in [0.2, 0.25) is 5.91 Å². The fraction of sp³-hybridized carbons (Fsp3) is 0.381. The molecule has 170 valence electrons. The van der Waals surface area contributed by atoms with Gasteiger partial charge in [-0.1, -0.05) is 24.6 Å². The number of hydrogen-bond donors (Lipinski definition) is 1. The van der Waals surface area contributed by atoms with Crippen LogP contribution >= 0.6 is 11.6 Å². The van der Waals surface area contributed by atoms with Crippen LogP contribution < -0.4 is 5.32 Å². The predicted molar refractivity (Wildman–Crippen MR) is 110 cm³/mol. The summed E-state index contributed by atoms with van der Waals surface area (Å²) in [4.78, 5) is 12.6. The second-order valence-electron chi connectivity index (χ2n) is 7.90. The molecule has 0 aliphatic heterocycles. The number of rotatable bonds is 7. The molecule has 1 saturated carbocycles. The Morgan fingerprint density at radius 3 is 2.69 bits per heavy atom. The molecule has 1 aliphatic carbocycles. The van der Waals surface area contributed by atoms with Crippen LogP contribution in [-0.4, -0.2) is 25.5 Å². The molecule has 0 radical (unpaired) electrons. The molecular weight excluding hydrogens is 450 g/mol. The first kappa shape index (κ1) is 22.3. The van der Waals surface area contributed by atoms with Crippen molar-refractivity contribution in [3.63, 3.8) is 0 Å². The Balaban J connectivity index is 1.41. The van der Waals surface area contributed by atoms with Crippen LogP contribution in [0.15, 0.2) is 36.5 Å². The van der Waals surface area contributed by atoms with Gasteiger partial charge in [0, 0.05) is 34.5 Å². The third-order valence-corrected chi connectivity index (χ3v) is 5.62. The topological polar surface area (TPSA) is 64.7 Å². The van der Waals surface area contributed by atoms with E-state index in [1.165, 1.54) is 21.5 Å². The molecule has 2 aromatic heterocycles. The van der Waals surface area contributed by atoms with E-state index in [0.29, 0.717) is 5.69 Å². The summed E-state index contributed by atoms with van der Waals surface area (Å²) in [5.74, 6) is -1.23. The third kappa shape index (κ3) is 4.95. The summed E-state index contributed by atoms with van der Waals surface area (Å²) in [7, 11) is 0. The van der Waals surface area contributed by atoms with Crippen molar-refractivity contribution in [3.05, 3.63) is 64.3 Å². The minimum atomic E-state index is -4.53. The van der Waals surface area contributed by atoms with Gasteiger partial charge in [0.25, 0.3) is 0 Å². The smallest absolute Gasteiger partial charge is 0.309 e. The van der Waals surface area contributed by atoms with Gasteiger partial charge >= 0.3 is 6.18 Å². The summed E-state index contributed by atoms with van der Waals surface area (Å²) in [5.41, 5.74) is -0.171. The number of anilines is 1. The standard InChI is InChI=1S/C21H20ClF4N5O/c1-12(10-31-17(13-5-6-13)9-18(28-31)21(24,25)26)20(32)27-19-7-8-30(29-19)11-14-15(22)3-2-4-16(14)23/h2-4,7-9,12-13H,5-6,10-11H2,1H3,(H,27,29,32). The normalized spacial score (nSPS) is 15.1. The van der Waals surface area contributed by atoms with Crippen LogP contribution in [0.5, 0.6) is 0 Å². The molecule has 32 heavy (non-hydrogen) atoms. The second kappa shape index (κ2) is 8.57. The zero-order valence-electron chi connectivity index (χ0n) is 17.0. The summed E-state index contributed by atoms with van der Waals surface area (Å²) in [5, 5.41) is 10.8. The lowest BCUT2D eigenvalue weighted by Gasteiger charge is -2.13. The summed E-state index contributed by atoms with van der Waals surface area (Å²) in [6, 6.07) is 6.99. The highest BCUT2D eigenvalue weighted by molar-refractivity contribution is 6.31. The van der Waals surface area contributed by atoms with Crippen molar-refractivity contribution in [1.29, 1.82) is 0 Å². The van der Waals surface area contributed by atoms with Gasteiger partial charge in [-0.05, 0) is 31.0 Å². The van der Waals surface area contributed by atoms with E-state index in [-0.39, 0.29) is 35.4 Å². The molecule has 0 spiro atoms. The Morgan fingerprint density at radius 2 is 2.03 bits per heavy atom. The van der Waals surface area contributed by atoms with E-state index in [1.807, 2.05) is 0 Å². The van der Waals surface area contributed by atoms with Gasteiger partial charge in [-0.15, -0.1) is 0 Å². The summed E-state index contributed by atoms with van der Waals surface area (Å²) >= 11 is 6.03. The van der Waals surface area contributed by atoms with Crippen LogP contribution in [0.2, 0.25) is 5.02 Å². The van der Waals surface area contributed by atoms with E-state index < -0.39 is 29.5 Å². The van der Waals surface area contributed by atoms with Crippen molar-refractivity contribution in [2.24, 2.45) is 5.92 Å². The van der Waals surface area contributed by atoms with Crippen molar-refractivity contribution >= 4 is 23.3 Å². The van der Waals surface area contributed by atoms with Gasteiger partial charge < -0.3 is 5.32 Å². The highest BCUT2D eigenvalue weighted by Crippen LogP contribution is 2.42. The largest absolute Gasteiger partial charge is 0.435 e. The quantitative estimate of drug-likeness (QED) is 0.490. The van der Waals surface area contributed by atoms with Crippen LogP contribution in [0.1, 0.15) is 42.6 Å². The number of amides is 1. The Morgan fingerprint density at radius 1 is 1.28 bits per heavy atom. The molecule has 3 aromatic rings. The summed E-state index contributed by atoms with van der Waals surface area (Å²) in [6.45, 7) is 1.70. The molecule has 4 rings (SSSR count). The molecule has 1 aromatic carbocycles. The Bertz CT molecular complexity index is 1120. The molecule has 2 heterocycles. The number of hydrogen-bond acceptors (Lipinski definition) is 3. The monoisotopic (exact) mass is 469 g/mol. The molecule has 1 amide bonds. The number of benzene rings is 1. The number of alkyl halides is 3. The molecule has 1 unspecified atom stereocenters. The Labute approximate surface area is 186 Å². The first-order valence-corrected chi connectivity index (χ1v) is 10.4. The maximum Gasteiger partial charge on any atom is 0.435 e. The Kier molecular flexibility index (Phi) is 5.98. The molecule has 1 aliphatic rings. The average molecular weight is 470 g/mol. The predicted octanol–water partition coefficient (Wildman–Crippen LogP) is 5.09. The minimum Gasteiger partial charge on any atom is -0.309 e. The van der Waals surface area contributed by atoms with Crippen molar-refractivity contribution in [2.45, 2.75) is 44.9 Å². The lowest BCUT2D eigenvalue weighted by atomic mass is 10.1. The minimum absolute atomic E-state index is 0.0132. The number of carbonyl (C=O) groups excluding carboxylic acids is 1. The zero-order valence-corrected chi connectivity index (χ0v) is 17.8. The highest BCUT2D eigenvalue weighted by atomic mass is 35.5. The van der Waals surface area contributed by atoms with E-state index in [1.54, 1.807) is 25.3 Å². The first-order valence-electron chi connectivity index (χ1n) is 10.0. The second-order valence-corrected chi connectivity index (χ2v) is 8.30. The van der Waals surface area contributed by atoms with Crippen LogP contribution in [0.4, 0.5) is 23.4 Å². The Hall–Kier alpha value is -2.88. The molecule has 1 N–H and O–H groups in total. The van der Waals surface area contributed by atoms with Crippen molar-refractivity contribution < 1.29 is 22.4 Å². The number of carbonyl (C=O) groups is 1. The molecular formula is C21H20ClF4N5O. The maximum atomic E-state index is 14.0. The van der Waals surface area contributed by atoms with Gasteiger partial charge in [-0.3, -0.25) is 14.2 Å². The number of halogens is 5. The zero-order chi connectivity index (χ0) is 23.0. The first-order chi connectivity index (χ1) is 15.1. The van der Waals surface area contributed by atoms with E-state index in [4.69, 9.17) is 11.6 Å². The van der Waals surface area contributed by atoms with Crippen molar-refractivity contribution in [3.8, 4) is 0 Å². The van der Waals surface area contributed by atoms with Crippen LogP contribution in [0.3, 0.4) is 0 Å². The number of nitrogens with one attached hydrogen (secondary N) is 1. The maximum absolute atomic E-state index is 14.0. The molecule has 11 heteroatoms. The van der Waals surface area contributed by atoms with Gasteiger partial charge in [0.15, 0.2) is 11.5 Å². The molecule has 0 saturated heterocycles. The van der Waals surface area contributed by atoms with Crippen LogP contribution in [0.25, 0.3) is 0 Å². The lowest BCUT2D eigenvalue weighted by molar-refractivity contribution is -0.141. The van der Waals surface area contributed by atoms with Gasteiger partial charge in [0.05, 0.1) is 19.0 Å². The van der Waals surface area contributed by atoms with Gasteiger partial charge in [0.1, 0.15) is 5.82 Å². The van der Waals surface area contributed by atoms with Crippen molar-refractivity contribution in [2.75, 3.05) is 5.32 Å². The van der Waals surface area contributed by atoms with E-state index >= 15 is 0 Å². The lowest BCUT2D eigenvalue weighted by Crippen LogP contribution is -2.26. The van der Waals surface area contributed by atoms with Gasteiger partial charge in [-0.2, -0.15) is 23.4 Å². The third-order valence-electron chi connectivity index (χ3n) is 5.27. The SMILES string of the molecule is CC(Cn1nc(C(F)(F)F)cc1C1CC1)C(=O)Nc1ccn(Cc2c(F)cccc2Cl)n1. The molecule has 0 bridgehead atoms. The number of aromatic nitrogens is 4. The van der Waals surface area contributed by atoms with Crippen molar-refractivity contribution in [1.82, 2.24) is 19.6 Å². The van der Waals surface area contributed by atoms with E-state index in [2.05, 4.69) is 15.5 Å². The average Bonchev–Trinajstić information content (AvgIpc) is 3.31.